The van der Waals surface area contributed by atoms with Gasteiger partial charge < -0.3 is 30.1 Å². The summed E-state index contributed by atoms with van der Waals surface area (Å²) in [6.07, 6.45) is -7.73. The van der Waals surface area contributed by atoms with Gasteiger partial charge in [-0.05, 0) is 0 Å². The molecule has 0 fully saturated rings. The molecule has 4 atom stereocenters. The van der Waals surface area contributed by atoms with Crippen molar-refractivity contribution >= 4 is 10.1 Å². The molecule has 0 aliphatic carbocycles. The number of aliphatic hydroxyl groups is 5. The molecule has 0 unspecified atom stereocenters. The summed E-state index contributed by atoms with van der Waals surface area (Å²) in [6, 6.07) is 0. The van der Waals surface area contributed by atoms with Crippen LogP contribution in [0.1, 0.15) is 0 Å². The zero-order valence-corrected chi connectivity index (χ0v) is 12.5. The summed E-state index contributed by atoms with van der Waals surface area (Å²) in [6.45, 7) is -0.880. The SMILES string of the molecule is O=S(=O)([O-])C[C@H](O)[C@@H](O)[C@@H](O)[C@H](O)CO.[K+]. The van der Waals surface area contributed by atoms with Gasteiger partial charge in [-0.25, -0.2) is 8.42 Å². The molecule has 0 aromatic rings. The van der Waals surface area contributed by atoms with Gasteiger partial charge in [0.1, 0.15) is 18.3 Å². The molecular formula is C6H13KO8S. The Hall–Kier alpha value is 1.35. The van der Waals surface area contributed by atoms with Crippen molar-refractivity contribution in [2.24, 2.45) is 0 Å². The fourth-order valence-corrected chi connectivity index (χ4v) is 1.49. The summed E-state index contributed by atoms with van der Waals surface area (Å²) in [5.41, 5.74) is 0. The Morgan fingerprint density at radius 3 is 1.69 bits per heavy atom. The monoisotopic (exact) mass is 284 g/mol. The first kappa shape index (κ1) is 19.7. The van der Waals surface area contributed by atoms with E-state index in [-0.39, 0.29) is 51.4 Å². The first-order chi connectivity index (χ1) is 6.69. The smallest absolute Gasteiger partial charge is 0.748 e. The molecule has 0 rings (SSSR count). The van der Waals surface area contributed by atoms with Gasteiger partial charge >= 0.3 is 51.4 Å². The third kappa shape index (κ3) is 7.63. The standard InChI is InChI=1S/C6H14O8S.K/c7-1-3(8)5(10)6(11)4(9)2-15(12,13)14;/h3-11H,1-2H2,(H,12,13,14);/q;+1/p-1/t3-,4+,5+,6-;/m1./s1. The van der Waals surface area contributed by atoms with Crippen molar-refractivity contribution in [2.75, 3.05) is 12.4 Å². The first-order valence-electron chi connectivity index (χ1n) is 3.95. The maximum absolute atomic E-state index is 10.2. The average molecular weight is 284 g/mol. The second kappa shape index (κ2) is 8.45. The number of hydrogen-bond donors (Lipinski definition) is 5. The van der Waals surface area contributed by atoms with E-state index in [1.54, 1.807) is 0 Å². The van der Waals surface area contributed by atoms with Gasteiger partial charge in [0.05, 0.1) is 28.6 Å². The minimum Gasteiger partial charge on any atom is -0.748 e. The van der Waals surface area contributed by atoms with Gasteiger partial charge in [-0.1, -0.05) is 0 Å². The molecule has 0 heterocycles. The minimum atomic E-state index is -4.75. The molecule has 0 radical (unpaired) electrons. The third-order valence-electron chi connectivity index (χ3n) is 1.70. The van der Waals surface area contributed by atoms with E-state index in [0.29, 0.717) is 0 Å². The van der Waals surface area contributed by atoms with Crippen LogP contribution >= 0.6 is 0 Å². The third-order valence-corrected chi connectivity index (χ3v) is 2.45. The van der Waals surface area contributed by atoms with E-state index < -0.39 is 46.9 Å². The van der Waals surface area contributed by atoms with E-state index in [4.69, 9.17) is 25.5 Å². The van der Waals surface area contributed by atoms with Gasteiger partial charge in [0.15, 0.2) is 0 Å². The second-order valence-electron chi connectivity index (χ2n) is 3.02. The molecule has 0 spiro atoms. The maximum Gasteiger partial charge on any atom is 1.00 e. The Bertz CT molecular complexity index is 280. The Balaban J connectivity index is 0. The summed E-state index contributed by atoms with van der Waals surface area (Å²) in [7, 11) is -4.75. The Kier molecular flexibility index (Phi) is 10.4. The van der Waals surface area contributed by atoms with Crippen molar-refractivity contribution < 1.29 is 89.9 Å². The maximum atomic E-state index is 10.2. The van der Waals surface area contributed by atoms with E-state index in [2.05, 4.69) is 0 Å². The van der Waals surface area contributed by atoms with E-state index in [9.17, 15) is 13.0 Å². The molecule has 0 aliphatic rings. The van der Waals surface area contributed by atoms with Crippen molar-refractivity contribution in [1.82, 2.24) is 0 Å². The van der Waals surface area contributed by atoms with Crippen LogP contribution in [0.2, 0.25) is 0 Å². The number of rotatable bonds is 6. The zero-order chi connectivity index (χ0) is 12.2. The fraction of sp³-hybridized carbons (Fsp3) is 1.00. The summed E-state index contributed by atoms with van der Waals surface area (Å²) in [5.74, 6) is -1.29. The molecule has 0 aromatic carbocycles. The largest absolute Gasteiger partial charge is 1.00 e. The molecule has 8 nitrogen and oxygen atoms in total. The van der Waals surface area contributed by atoms with Crippen LogP contribution in [0.5, 0.6) is 0 Å². The van der Waals surface area contributed by atoms with Crippen LogP contribution in [0.3, 0.4) is 0 Å². The quantitative estimate of drug-likeness (QED) is 0.238. The van der Waals surface area contributed by atoms with Crippen LogP contribution < -0.4 is 51.4 Å². The van der Waals surface area contributed by atoms with Gasteiger partial charge in [-0.3, -0.25) is 0 Å². The number of aliphatic hydroxyl groups excluding tert-OH is 5. The van der Waals surface area contributed by atoms with Crippen LogP contribution in [-0.4, -0.2) is 75.3 Å². The zero-order valence-electron chi connectivity index (χ0n) is 8.59. The second-order valence-corrected chi connectivity index (χ2v) is 4.47. The molecule has 92 valence electrons. The molecule has 10 heteroatoms. The van der Waals surface area contributed by atoms with Crippen molar-refractivity contribution in [3.63, 3.8) is 0 Å². The van der Waals surface area contributed by atoms with E-state index >= 15 is 0 Å². The molecule has 16 heavy (non-hydrogen) atoms. The summed E-state index contributed by atoms with van der Waals surface area (Å²) < 4.78 is 30.6. The van der Waals surface area contributed by atoms with Gasteiger partial charge in [-0.2, -0.15) is 0 Å². The molecule has 0 saturated heterocycles. The Morgan fingerprint density at radius 2 is 1.38 bits per heavy atom. The van der Waals surface area contributed by atoms with Crippen LogP contribution in [-0.2, 0) is 10.1 Å². The van der Waals surface area contributed by atoms with Crippen molar-refractivity contribution in [1.29, 1.82) is 0 Å². The van der Waals surface area contributed by atoms with Gasteiger partial charge in [0, 0.05) is 0 Å². The van der Waals surface area contributed by atoms with Gasteiger partial charge in [0.2, 0.25) is 0 Å². The molecule has 5 N–H and O–H groups in total. The summed E-state index contributed by atoms with van der Waals surface area (Å²) >= 11 is 0. The van der Waals surface area contributed by atoms with Gasteiger partial charge in [-0.15, -0.1) is 0 Å². The van der Waals surface area contributed by atoms with Crippen molar-refractivity contribution in [2.45, 2.75) is 24.4 Å². The van der Waals surface area contributed by atoms with Crippen LogP contribution in [0, 0.1) is 0 Å². The van der Waals surface area contributed by atoms with Gasteiger partial charge in [0.25, 0.3) is 0 Å². The first-order valence-corrected chi connectivity index (χ1v) is 5.53. The van der Waals surface area contributed by atoms with Crippen LogP contribution in [0.25, 0.3) is 0 Å². The predicted molar refractivity (Wildman–Crippen MR) is 45.7 cm³/mol. The van der Waals surface area contributed by atoms with E-state index in [1.807, 2.05) is 0 Å². The molecule has 0 saturated carbocycles. The van der Waals surface area contributed by atoms with E-state index in [0.717, 1.165) is 0 Å². The molecule has 0 aliphatic heterocycles. The minimum absolute atomic E-state index is 0. The van der Waals surface area contributed by atoms with E-state index in [1.165, 1.54) is 0 Å². The Labute approximate surface area is 135 Å². The topological polar surface area (TPSA) is 158 Å². The van der Waals surface area contributed by atoms with Crippen LogP contribution in [0.15, 0.2) is 0 Å². The molecular weight excluding hydrogens is 271 g/mol. The molecule has 0 amide bonds. The fourth-order valence-electron chi connectivity index (χ4n) is 0.871. The van der Waals surface area contributed by atoms with Crippen LogP contribution in [0.4, 0.5) is 0 Å². The molecule has 0 bridgehead atoms. The molecule has 0 aromatic heterocycles. The normalized spacial score (nSPS) is 19.4. The summed E-state index contributed by atoms with van der Waals surface area (Å²) in [4.78, 5) is 0. The average Bonchev–Trinajstić information content (AvgIpc) is 2.11. The van der Waals surface area contributed by atoms with Crippen molar-refractivity contribution in [3.05, 3.63) is 0 Å². The van der Waals surface area contributed by atoms with Crippen molar-refractivity contribution in [3.8, 4) is 0 Å². The summed E-state index contributed by atoms with van der Waals surface area (Å²) in [5, 5.41) is 44.3. The number of hydrogen-bond acceptors (Lipinski definition) is 8. The Morgan fingerprint density at radius 1 is 1.00 bits per heavy atom. The predicted octanol–water partition coefficient (Wildman–Crippen LogP) is -7.03.